The molecule has 0 heterocycles. The van der Waals surface area contributed by atoms with E-state index in [1.54, 1.807) is 19.1 Å². The molecular weight excluding hydrogens is 395 g/mol. The predicted octanol–water partition coefficient (Wildman–Crippen LogP) is 4.66. The Balaban J connectivity index is 2.14. The summed E-state index contributed by atoms with van der Waals surface area (Å²) in [6, 6.07) is 12.8. The summed E-state index contributed by atoms with van der Waals surface area (Å²) in [5, 5.41) is 2.91. The van der Waals surface area contributed by atoms with Gasteiger partial charge in [-0.1, -0.05) is 38.1 Å². The van der Waals surface area contributed by atoms with E-state index in [2.05, 4.69) is 19.2 Å². The van der Waals surface area contributed by atoms with Gasteiger partial charge in [-0.15, -0.1) is 0 Å². The van der Waals surface area contributed by atoms with Crippen LogP contribution in [0, 0.1) is 5.82 Å². The van der Waals surface area contributed by atoms with E-state index in [-0.39, 0.29) is 30.8 Å². The van der Waals surface area contributed by atoms with Crippen molar-refractivity contribution in [2.75, 3.05) is 6.61 Å². The molecule has 0 fully saturated rings. The van der Waals surface area contributed by atoms with Gasteiger partial charge in [0.15, 0.2) is 6.61 Å². The Morgan fingerprint density at radius 3 is 2.10 bits per heavy atom. The summed E-state index contributed by atoms with van der Waals surface area (Å²) < 4.78 is 19.0. The molecule has 0 aromatic heterocycles. The van der Waals surface area contributed by atoms with Gasteiger partial charge >= 0.3 is 0 Å². The van der Waals surface area contributed by atoms with Gasteiger partial charge in [-0.3, -0.25) is 9.59 Å². The standard InChI is InChI=1S/C25H33FN2O3/c1-17(2)20-9-13-22(14-10-20)31-16-23(29)28(15-19-7-11-21(26)12-8-19)18(3)24(30)27-25(4,5)6/h7-14,17-18H,15-16H2,1-6H3,(H,27,30)/t18-/m1/s1. The molecule has 1 N–H and O–H groups in total. The molecule has 0 aliphatic carbocycles. The van der Waals surface area contributed by atoms with Crippen LogP contribution in [-0.2, 0) is 16.1 Å². The summed E-state index contributed by atoms with van der Waals surface area (Å²) in [6.45, 7) is 11.5. The molecule has 0 aliphatic rings. The minimum atomic E-state index is -0.719. The first-order valence-corrected chi connectivity index (χ1v) is 10.5. The number of halogens is 1. The highest BCUT2D eigenvalue weighted by molar-refractivity contribution is 5.88. The molecule has 5 nitrogen and oxygen atoms in total. The van der Waals surface area contributed by atoms with Crippen molar-refractivity contribution in [2.45, 2.75) is 65.6 Å². The summed E-state index contributed by atoms with van der Waals surface area (Å²) >= 11 is 0. The van der Waals surface area contributed by atoms with Gasteiger partial charge in [-0.25, -0.2) is 4.39 Å². The van der Waals surface area contributed by atoms with Crippen molar-refractivity contribution in [1.82, 2.24) is 10.2 Å². The maximum atomic E-state index is 13.3. The van der Waals surface area contributed by atoms with Crippen molar-refractivity contribution >= 4 is 11.8 Å². The molecule has 1 atom stereocenters. The number of hydrogen-bond donors (Lipinski definition) is 1. The molecule has 0 spiro atoms. The molecule has 0 radical (unpaired) electrons. The fourth-order valence-electron chi connectivity index (χ4n) is 3.02. The van der Waals surface area contributed by atoms with E-state index in [9.17, 15) is 14.0 Å². The minimum Gasteiger partial charge on any atom is -0.484 e. The van der Waals surface area contributed by atoms with Crippen LogP contribution < -0.4 is 10.1 Å². The SMILES string of the molecule is CC(C)c1ccc(OCC(=O)N(Cc2ccc(F)cc2)[C@H](C)C(=O)NC(C)(C)C)cc1. The van der Waals surface area contributed by atoms with Gasteiger partial charge in [0.05, 0.1) is 0 Å². The van der Waals surface area contributed by atoms with Gasteiger partial charge in [0, 0.05) is 12.1 Å². The molecule has 6 heteroatoms. The quantitative estimate of drug-likeness (QED) is 0.665. The zero-order valence-corrected chi connectivity index (χ0v) is 19.2. The van der Waals surface area contributed by atoms with Crippen LogP contribution >= 0.6 is 0 Å². The highest BCUT2D eigenvalue weighted by atomic mass is 19.1. The van der Waals surface area contributed by atoms with Crippen LogP contribution in [0.2, 0.25) is 0 Å². The summed E-state index contributed by atoms with van der Waals surface area (Å²) in [6.07, 6.45) is 0. The van der Waals surface area contributed by atoms with Crippen LogP contribution in [0.25, 0.3) is 0 Å². The van der Waals surface area contributed by atoms with E-state index in [0.29, 0.717) is 11.7 Å². The van der Waals surface area contributed by atoms with Crippen LogP contribution in [0.1, 0.15) is 58.6 Å². The largest absolute Gasteiger partial charge is 0.484 e. The summed E-state index contributed by atoms with van der Waals surface area (Å²) in [4.78, 5) is 27.2. The maximum Gasteiger partial charge on any atom is 0.261 e. The van der Waals surface area contributed by atoms with Crippen molar-refractivity contribution < 1.29 is 18.7 Å². The number of carbonyl (C=O) groups is 2. The van der Waals surface area contributed by atoms with Crippen molar-refractivity contribution in [3.8, 4) is 5.75 Å². The molecule has 2 amide bonds. The van der Waals surface area contributed by atoms with E-state index < -0.39 is 11.6 Å². The van der Waals surface area contributed by atoms with Gasteiger partial charge in [0.1, 0.15) is 17.6 Å². The molecule has 0 saturated carbocycles. The third-order valence-corrected chi connectivity index (χ3v) is 4.84. The second-order valence-electron chi connectivity index (χ2n) is 9.08. The van der Waals surface area contributed by atoms with Crippen LogP contribution in [0.5, 0.6) is 5.75 Å². The highest BCUT2D eigenvalue weighted by Crippen LogP contribution is 2.19. The maximum absolute atomic E-state index is 13.3. The Hall–Kier alpha value is -2.89. The second kappa shape index (κ2) is 10.4. The third-order valence-electron chi connectivity index (χ3n) is 4.84. The Kier molecular flexibility index (Phi) is 8.20. The van der Waals surface area contributed by atoms with Gasteiger partial charge in [0.25, 0.3) is 5.91 Å². The first-order valence-electron chi connectivity index (χ1n) is 10.5. The number of nitrogens with one attached hydrogen (secondary N) is 1. The van der Waals surface area contributed by atoms with E-state index in [4.69, 9.17) is 4.74 Å². The Morgan fingerprint density at radius 1 is 1.00 bits per heavy atom. The molecule has 31 heavy (non-hydrogen) atoms. The Bertz CT molecular complexity index is 871. The average molecular weight is 429 g/mol. The van der Waals surface area contributed by atoms with E-state index in [1.807, 2.05) is 45.0 Å². The fourth-order valence-corrected chi connectivity index (χ4v) is 3.02. The van der Waals surface area contributed by atoms with Crippen LogP contribution in [0.15, 0.2) is 48.5 Å². The van der Waals surface area contributed by atoms with Crippen LogP contribution in [0.3, 0.4) is 0 Å². The Labute approximate surface area is 184 Å². The number of nitrogens with zero attached hydrogens (tertiary/aromatic N) is 1. The van der Waals surface area contributed by atoms with Crippen molar-refractivity contribution in [3.63, 3.8) is 0 Å². The van der Waals surface area contributed by atoms with E-state index in [1.165, 1.54) is 22.6 Å². The van der Waals surface area contributed by atoms with Gasteiger partial charge in [-0.2, -0.15) is 0 Å². The first-order chi connectivity index (χ1) is 14.5. The van der Waals surface area contributed by atoms with Crippen LogP contribution in [0.4, 0.5) is 4.39 Å². The molecule has 168 valence electrons. The summed E-state index contributed by atoms with van der Waals surface area (Å²) in [7, 11) is 0. The smallest absolute Gasteiger partial charge is 0.261 e. The number of amides is 2. The van der Waals surface area contributed by atoms with Gasteiger partial charge in [-0.05, 0) is 69.0 Å². The molecule has 2 aromatic rings. The molecule has 0 bridgehead atoms. The predicted molar refractivity (Wildman–Crippen MR) is 120 cm³/mol. The lowest BCUT2D eigenvalue weighted by Crippen LogP contribution is -2.53. The van der Waals surface area contributed by atoms with Gasteiger partial charge < -0.3 is 15.0 Å². The zero-order chi connectivity index (χ0) is 23.2. The van der Waals surface area contributed by atoms with Crippen LogP contribution in [-0.4, -0.2) is 34.9 Å². The molecule has 0 unspecified atom stereocenters. The summed E-state index contributed by atoms with van der Waals surface area (Å²) in [5.41, 5.74) is 1.49. The third kappa shape index (κ3) is 7.70. The fraction of sp³-hybridized carbons (Fsp3) is 0.440. The summed E-state index contributed by atoms with van der Waals surface area (Å²) in [5.74, 6) is 0.0572. The zero-order valence-electron chi connectivity index (χ0n) is 19.2. The van der Waals surface area contributed by atoms with Crippen molar-refractivity contribution in [2.24, 2.45) is 0 Å². The molecule has 2 rings (SSSR count). The first kappa shape index (κ1) is 24.4. The van der Waals surface area contributed by atoms with E-state index >= 15 is 0 Å². The number of ether oxygens (including phenoxy) is 1. The highest BCUT2D eigenvalue weighted by Gasteiger charge is 2.28. The molecule has 0 saturated heterocycles. The Morgan fingerprint density at radius 2 is 1.58 bits per heavy atom. The topological polar surface area (TPSA) is 58.6 Å². The normalized spacial score (nSPS) is 12.4. The molecule has 0 aliphatic heterocycles. The molecule has 2 aromatic carbocycles. The van der Waals surface area contributed by atoms with E-state index in [0.717, 1.165) is 5.56 Å². The van der Waals surface area contributed by atoms with Gasteiger partial charge in [0.2, 0.25) is 5.91 Å². The van der Waals surface area contributed by atoms with Crippen molar-refractivity contribution in [3.05, 3.63) is 65.5 Å². The lowest BCUT2D eigenvalue weighted by molar-refractivity contribution is -0.142. The average Bonchev–Trinajstić information content (AvgIpc) is 2.70. The lowest BCUT2D eigenvalue weighted by atomic mass is 10.0. The number of hydrogen-bond acceptors (Lipinski definition) is 3. The number of rotatable bonds is 8. The number of benzene rings is 2. The number of carbonyl (C=O) groups excluding carboxylic acids is 2. The lowest BCUT2D eigenvalue weighted by Gasteiger charge is -2.31. The molecular formula is C25H33FN2O3. The monoisotopic (exact) mass is 428 g/mol. The minimum absolute atomic E-state index is 0.174. The second-order valence-corrected chi connectivity index (χ2v) is 9.08. The van der Waals surface area contributed by atoms with Crippen molar-refractivity contribution in [1.29, 1.82) is 0 Å².